The largest absolute Gasteiger partial charge is 0.497 e. The summed E-state index contributed by atoms with van der Waals surface area (Å²) >= 11 is 0. The van der Waals surface area contributed by atoms with E-state index < -0.39 is 0 Å². The third-order valence-electron chi connectivity index (χ3n) is 4.29. The van der Waals surface area contributed by atoms with Crippen molar-refractivity contribution in [3.8, 4) is 5.75 Å². The third-order valence-corrected chi connectivity index (χ3v) is 4.29. The Hall–Kier alpha value is -2.29. The molecule has 0 unspecified atom stereocenters. The van der Waals surface area contributed by atoms with Crippen LogP contribution in [0.5, 0.6) is 5.75 Å². The summed E-state index contributed by atoms with van der Waals surface area (Å²) in [4.78, 5) is 4.71. The van der Waals surface area contributed by atoms with Gasteiger partial charge in [-0.3, -0.25) is 4.68 Å². The number of hydrogen-bond donors (Lipinski definition) is 2. The number of methoxy groups -OCH3 is 1. The Kier molecular flexibility index (Phi) is 9.06. The second-order valence-electron chi connectivity index (χ2n) is 6.29. The van der Waals surface area contributed by atoms with Crippen molar-refractivity contribution in [2.24, 2.45) is 4.99 Å². The molecule has 0 atom stereocenters. The van der Waals surface area contributed by atoms with E-state index in [9.17, 15) is 0 Å². The van der Waals surface area contributed by atoms with Gasteiger partial charge in [0.05, 0.1) is 13.7 Å². The van der Waals surface area contributed by atoms with Crippen LogP contribution in [-0.4, -0.2) is 35.9 Å². The van der Waals surface area contributed by atoms with E-state index in [0.717, 1.165) is 37.8 Å². The Morgan fingerprint density at radius 2 is 1.96 bits per heavy atom. The van der Waals surface area contributed by atoms with Gasteiger partial charge < -0.3 is 15.4 Å². The maximum Gasteiger partial charge on any atom is 0.191 e. The second-order valence-corrected chi connectivity index (χ2v) is 6.29. The second kappa shape index (κ2) is 11.5. The van der Waals surface area contributed by atoms with Crippen molar-refractivity contribution in [1.82, 2.24) is 20.4 Å². The molecular weight excluding hydrogens is 465 g/mol. The number of nitrogens with one attached hydrogen (secondary N) is 2. The van der Waals surface area contributed by atoms with Gasteiger partial charge in [-0.05, 0) is 53.9 Å². The van der Waals surface area contributed by atoms with Gasteiger partial charge in [0, 0.05) is 32.0 Å². The fourth-order valence-electron chi connectivity index (χ4n) is 2.89. The van der Waals surface area contributed by atoms with Crippen LogP contribution in [0.3, 0.4) is 0 Å². The van der Waals surface area contributed by atoms with Gasteiger partial charge in [0.25, 0.3) is 0 Å². The zero-order valence-corrected chi connectivity index (χ0v) is 18.7. The molecule has 2 aromatic carbocycles. The topological polar surface area (TPSA) is 63.5 Å². The van der Waals surface area contributed by atoms with E-state index in [0.29, 0.717) is 6.54 Å². The minimum atomic E-state index is 0. The number of aryl methyl sites for hydroxylation is 1. The Bertz CT molecular complexity index is 880. The lowest BCUT2D eigenvalue weighted by atomic mass is 10.1. The molecule has 0 saturated carbocycles. The molecular formula is C21H28IN5O. The van der Waals surface area contributed by atoms with Gasteiger partial charge in [-0.25, -0.2) is 4.99 Å². The fraction of sp³-hybridized carbons (Fsp3) is 0.333. The molecule has 0 bridgehead atoms. The molecule has 6 nitrogen and oxygen atoms in total. The van der Waals surface area contributed by atoms with Crippen LogP contribution in [0, 0.1) is 0 Å². The van der Waals surface area contributed by atoms with E-state index in [1.54, 1.807) is 13.3 Å². The van der Waals surface area contributed by atoms with Gasteiger partial charge in [0.1, 0.15) is 5.75 Å². The van der Waals surface area contributed by atoms with E-state index in [4.69, 9.17) is 9.73 Å². The van der Waals surface area contributed by atoms with E-state index in [1.165, 1.54) is 16.3 Å². The maximum atomic E-state index is 5.28. The number of hydrogen-bond acceptors (Lipinski definition) is 3. The lowest BCUT2D eigenvalue weighted by Gasteiger charge is -2.11. The van der Waals surface area contributed by atoms with E-state index in [1.807, 2.05) is 29.1 Å². The number of rotatable bonds is 8. The average Bonchev–Trinajstić information content (AvgIpc) is 3.22. The summed E-state index contributed by atoms with van der Waals surface area (Å²) < 4.78 is 7.23. The van der Waals surface area contributed by atoms with Crippen LogP contribution in [0.2, 0.25) is 0 Å². The zero-order chi connectivity index (χ0) is 18.9. The molecule has 0 saturated heterocycles. The molecule has 1 heterocycles. The van der Waals surface area contributed by atoms with Crippen LogP contribution in [0.1, 0.15) is 18.9 Å². The van der Waals surface area contributed by atoms with Crippen molar-refractivity contribution in [2.45, 2.75) is 26.4 Å². The van der Waals surface area contributed by atoms with E-state index in [-0.39, 0.29) is 24.0 Å². The lowest BCUT2D eigenvalue weighted by Crippen LogP contribution is -2.38. The zero-order valence-electron chi connectivity index (χ0n) is 16.4. The van der Waals surface area contributed by atoms with Crippen LogP contribution in [-0.2, 0) is 13.1 Å². The van der Waals surface area contributed by atoms with Crippen LogP contribution < -0.4 is 15.4 Å². The lowest BCUT2D eigenvalue weighted by molar-refractivity contribution is 0.415. The van der Waals surface area contributed by atoms with Gasteiger partial charge in [0.15, 0.2) is 5.96 Å². The number of benzene rings is 2. The van der Waals surface area contributed by atoms with Crippen LogP contribution in [0.25, 0.3) is 10.8 Å². The molecule has 0 fully saturated rings. The highest BCUT2D eigenvalue weighted by molar-refractivity contribution is 14.0. The van der Waals surface area contributed by atoms with Gasteiger partial charge in [-0.1, -0.05) is 18.2 Å². The van der Waals surface area contributed by atoms with E-state index in [2.05, 4.69) is 46.9 Å². The average molecular weight is 493 g/mol. The molecule has 3 rings (SSSR count). The first kappa shape index (κ1) is 22.0. The number of fused-ring (bicyclic) bond motifs is 1. The standard InChI is InChI=1S/C21H27N5O.HI/c1-3-22-21(23-10-4-12-26-13-5-11-25-26)24-16-17-6-7-19-15-20(27-2)9-8-18(19)14-17;/h5-9,11,13-15H,3-4,10,12,16H2,1-2H3,(H2,22,23,24);1H. The number of ether oxygens (including phenoxy) is 1. The monoisotopic (exact) mass is 493 g/mol. The molecule has 0 radical (unpaired) electrons. The minimum absolute atomic E-state index is 0. The first-order chi connectivity index (χ1) is 13.3. The van der Waals surface area contributed by atoms with Crippen LogP contribution in [0.15, 0.2) is 59.9 Å². The molecule has 28 heavy (non-hydrogen) atoms. The smallest absolute Gasteiger partial charge is 0.191 e. The minimum Gasteiger partial charge on any atom is -0.497 e. The summed E-state index contributed by atoms with van der Waals surface area (Å²) in [7, 11) is 1.69. The third kappa shape index (κ3) is 6.40. The van der Waals surface area contributed by atoms with Crippen molar-refractivity contribution < 1.29 is 4.74 Å². The molecule has 0 aliphatic heterocycles. The Labute approximate surface area is 183 Å². The molecule has 2 N–H and O–H groups in total. The molecule has 0 spiro atoms. The van der Waals surface area contributed by atoms with Crippen molar-refractivity contribution in [1.29, 1.82) is 0 Å². The summed E-state index contributed by atoms with van der Waals surface area (Å²) in [6.07, 6.45) is 4.77. The van der Waals surface area contributed by atoms with Crippen molar-refractivity contribution >= 4 is 40.7 Å². The first-order valence-electron chi connectivity index (χ1n) is 9.35. The Balaban J connectivity index is 0.00000280. The number of aliphatic imine (C=N–C) groups is 1. The quantitative estimate of drug-likeness (QED) is 0.217. The highest BCUT2D eigenvalue weighted by Gasteiger charge is 2.01. The predicted octanol–water partition coefficient (Wildman–Crippen LogP) is 3.81. The SMILES string of the molecule is CCNC(=NCc1ccc2cc(OC)ccc2c1)NCCCn1cccn1.I. The highest BCUT2D eigenvalue weighted by atomic mass is 127. The van der Waals surface area contributed by atoms with Gasteiger partial charge >= 0.3 is 0 Å². The summed E-state index contributed by atoms with van der Waals surface area (Å²) in [6, 6.07) is 14.5. The normalized spacial score (nSPS) is 11.1. The number of aromatic nitrogens is 2. The summed E-state index contributed by atoms with van der Waals surface area (Å²) in [5.41, 5.74) is 1.18. The number of halogens is 1. The summed E-state index contributed by atoms with van der Waals surface area (Å²) in [5, 5.41) is 13.3. The maximum absolute atomic E-state index is 5.28. The van der Waals surface area contributed by atoms with Crippen molar-refractivity contribution in [3.63, 3.8) is 0 Å². The molecule has 0 aliphatic carbocycles. The van der Waals surface area contributed by atoms with Crippen molar-refractivity contribution in [2.75, 3.05) is 20.2 Å². The number of guanidine groups is 1. The fourth-order valence-corrected chi connectivity index (χ4v) is 2.89. The highest BCUT2D eigenvalue weighted by Crippen LogP contribution is 2.22. The summed E-state index contributed by atoms with van der Waals surface area (Å²) in [5.74, 6) is 1.72. The van der Waals surface area contributed by atoms with Gasteiger partial charge in [0.2, 0.25) is 0 Å². The van der Waals surface area contributed by atoms with Crippen LogP contribution in [0.4, 0.5) is 0 Å². The molecule has 0 amide bonds. The van der Waals surface area contributed by atoms with Gasteiger partial charge in [-0.15, -0.1) is 24.0 Å². The predicted molar refractivity (Wildman–Crippen MR) is 126 cm³/mol. The summed E-state index contributed by atoms with van der Waals surface area (Å²) in [6.45, 7) is 5.29. The first-order valence-corrected chi connectivity index (χ1v) is 9.35. The van der Waals surface area contributed by atoms with Gasteiger partial charge in [-0.2, -0.15) is 5.10 Å². The number of nitrogens with zero attached hydrogens (tertiary/aromatic N) is 3. The molecule has 1 aromatic heterocycles. The Morgan fingerprint density at radius 1 is 1.14 bits per heavy atom. The van der Waals surface area contributed by atoms with Crippen molar-refractivity contribution in [3.05, 3.63) is 60.4 Å². The molecule has 7 heteroatoms. The molecule has 3 aromatic rings. The molecule has 0 aliphatic rings. The van der Waals surface area contributed by atoms with E-state index >= 15 is 0 Å². The van der Waals surface area contributed by atoms with Crippen LogP contribution >= 0.6 is 24.0 Å². The Morgan fingerprint density at radius 3 is 2.71 bits per heavy atom. The molecule has 150 valence electrons.